The average molecular weight is 370 g/mol. The normalized spacial score (nSPS) is 14.9. The third kappa shape index (κ3) is 4.01. The maximum atomic E-state index is 6.35. The van der Waals surface area contributed by atoms with E-state index < -0.39 is 5.79 Å². The minimum Gasteiger partial charge on any atom is -0.448 e. The van der Waals surface area contributed by atoms with Crippen molar-refractivity contribution in [3.8, 4) is 11.5 Å². The van der Waals surface area contributed by atoms with E-state index in [0.29, 0.717) is 29.3 Å². The SMILES string of the molecule is Nc1cccc(OC2(Oc3cccc(N)c3)C=CC=C(c3ccccc3)C2)c1. The number of hydrogen-bond acceptors (Lipinski definition) is 4. The highest BCUT2D eigenvalue weighted by atomic mass is 16.7. The topological polar surface area (TPSA) is 70.5 Å². The van der Waals surface area contributed by atoms with Crippen molar-refractivity contribution in [3.63, 3.8) is 0 Å². The summed E-state index contributed by atoms with van der Waals surface area (Å²) in [7, 11) is 0. The van der Waals surface area contributed by atoms with Gasteiger partial charge in [0.2, 0.25) is 0 Å². The van der Waals surface area contributed by atoms with Crippen LogP contribution < -0.4 is 20.9 Å². The molecule has 28 heavy (non-hydrogen) atoms. The van der Waals surface area contributed by atoms with Gasteiger partial charge in [0.05, 0.1) is 6.42 Å². The first-order chi connectivity index (χ1) is 13.6. The molecule has 1 aliphatic rings. The van der Waals surface area contributed by atoms with E-state index in [1.165, 1.54) is 0 Å². The van der Waals surface area contributed by atoms with Crippen molar-refractivity contribution in [2.24, 2.45) is 0 Å². The van der Waals surface area contributed by atoms with Crippen molar-refractivity contribution in [1.29, 1.82) is 0 Å². The molecule has 0 unspecified atom stereocenters. The van der Waals surface area contributed by atoms with E-state index in [4.69, 9.17) is 20.9 Å². The highest BCUT2D eigenvalue weighted by Gasteiger charge is 2.35. The Balaban J connectivity index is 1.69. The molecule has 3 aromatic rings. The van der Waals surface area contributed by atoms with Crippen LogP contribution in [0.25, 0.3) is 5.57 Å². The average Bonchev–Trinajstić information content (AvgIpc) is 2.69. The molecule has 0 bridgehead atoms. The molecular weight excluding hydrogens is 348 g/mol. The largest absolute Gasteiger partial charge is 0.448 e. The Morgan fingerprint density at radius 3 is 1.89 bits per heavy atom. The molecule has 0 atom stereocenters. The molecule has 3 aromatic carbocycles. The summed E-state index contributed by atoms with van der Waals surface area (Å²) in [5.41, 5.74) is 15.4. The van der Waals surface area contributed by atoms with Crippen LogP contribution in [0.15, 0.2) is 97.1 Å². The summed E-state index contributed by atoms with van der Waals surface area (Å²) in [5.74, 6) is 0.271. The Bertz CT molecular complexity index is 978. The number of allylic oxidation sites excluding steroid dienone is 2. The summed E-state index contributed by atoms with van der Waals surface area (Å²) in [6, 6.07) is 24.9. The van der Waals surface area contributed by atoms with Gasteiger partial charge in [-0.2, -0.15) is 0 Å². The van der Waals surface area contributed by atoms with Crippen LogP contribution in [-0.4, -0.2) is 5.79 Å². The lowest BCUT2D eigenvalue weighted by Crippen LogP contribution is -2.41. The molecule has 4 rings (SSSR count). The number of rotatable bonds is 5. The molecule has 4 heteroatoms. The summed E-state index contributed by atoms with van der Waals surface area (Å²) in [6.07, 6.45) is 6.51. The highest BCUT2D eigenvalue weighted by Crippen LogP contribution is 2.36. The maximum absolute atomic E-state index is 6.35. The predicted molar refractivity (Wildman–Crippen MR) is 114 cm³/mol. The first-order valence-corrected chi connectivity index (χ1v) is 9.15. The van der Waals surface area contributed by atoms with Crippen LogP contribution in [0.1, 0.15) is 12.0 Å². The van der Waals surface area contributed by atoms with Gasteiger partial charge >= 0.3 is 0 Å². The molecule has 4 N–H and O–H groups in total. The molecule has 1 aliphatic carbocycles. The zero-order valence-corrected chi connectivity index (χ0v) is 15.4. The molecule has 140 valence electrons. The molecule has 0 aliphatic heterocycles. The molecule has 0 amide bonds. The van der Waals surface area contributed by atoms with E-state index in [0.717, 1.165) is 11.1 Å². The number of benzene rings is 3. The lowest BCUT2D eigenvalue weighted by Gasteiger charge is -2.35. The van der Waals surface area contributed by atoms with Gasteiger partial charge in [0.15, 0.2) is 0 Å². The minimum absolute atomic E-state index is 0.539. The number of anilines is 2. The fraction of sp³-hybridized carbons (Fsp3) is 0.0833. The van der Waals surface area contributed by atoms with Gasteiger partial charge in [-0.15, -0.1) is 0 Å². The third-order valence-electron chi connectivity index (χ3n) is 4.53. The van der Waals surface area contributed by atoms with Crippen molar-refractivity contribution < 1.29 is 9.47 Å². The van der Waals surface area contributed by atoms with Crippen molar-refractivity contribution in [1.82, 2.24) is 0 Å². The van der Waals surface area contributed by atoms with E-state index >= 15 is 0 Å². The predicted octanol–water partition coefficient (Wildman–Crippen LogP) is 5.05. The van der Waals surface area contributed by atoms with Gasteiger partial charge in [0.25, 0.3) is 5.79 Å². The van der Waals surface area contributed by atoms with Gasteiger partial charge < -0.3 is 20.9 Å². The molecule has 4 nitrogen and oxygen atoms in total. The lowest BCUT2D eigenvalue weighted by molar-refractivity contribution is -0.0667. The molecule has 0 fully saturated rings. The Morgan fingerprint density at radius 2 is 1.32 bits per heavy atom. The highest BCUT2D eigenvalue weighted by molar-refractivity contribution is 5.69. The second-order valence-corrected chi connectivity index (χ2v) is 6.75. The van der Waals surface area contributed by atoms with Crippen molar-refractivity contribution in [3.05, 3.63) is 103 Å². The minimum atomic E-state index is -1.01. The number of hydrogen-bond donors (Lipinski definition) is 2. The van der Waals surface area contributed by atoms with Gasteiger partial charge in [-0.05, 0) is 41.5 Å². The Hall–Kier alpha value is -3.66. The van der Waals surface area contributed by atoms with Crippen LogP contribution in [0, 0.1) is 0 Å². The van der Waals surface area contributed by atoms with E-state index in [1.54, 1.807) is 12.1 Å². The van der Waals surface area contributed by atoms with Crippen LogP contribution in [-0.2, 0) is 0 Å². The summed E-state index contributed by atoms with van der Waals surface area (Å²) >= 11 is 0. The molecule has 0 radical (unpaired) electrons. The zero-order valence-electron chi connectivity index (χ0n) is 15.4. The van der Waals surface area contributed by atoms with Crippen LogP contribution in [0.3, 0.4) is 0 Å². The van der Waals surface area contributed by atoms with E-state index in [-0.39, 0.29) is 0 Å². The Kier molecular flexibility index (Phi) is 4.77. The van der Waals surface area contributed by atoms with Gasteiger partial charge in [-0.3, -0.25) is 0 Å². The fourth-order valence-corrected chi connectivity index (χ4v) is 3.26. The fourth-order valence-electron chi connectivity index (χ4n) is 3.26. The summed E-state index contributed by atoms with van der Waals surface area (Å²) in [4.78, 5) is 0. The van der Waals surface area contributed by atoms with Gasteiger partial charge in [0, 0.05) is 23.5 Å². The number of nitrogen functional groups attached to an aromatic ring is 2. The van der Waals surface area contributed by atoms with Gasteiger partial charge in [0.1, 0.15) is 11.5 Å². The standard InChI is InChI=1S/C24H22N2O2/c25-20-10-4-12-22(15-20)27-24(28-23-13-5-11-21(26)16-23)14-6-9-19(17-24)18-7-2-1-3-8-18/h1-16H,17,25-26H2. The Labute approximate surface area is 164 Å². The van der Waals surface area contributed by atoms with Crippen molar-refractivity contribution in [2.75, 3.05) is 11.5 Å². The first kappa shape index (κ1) is 17.7. The van der Waals surface area contributed by atoms with Crippen molar-refractivity contribution >= 4 is 16.9 Å². The second kappa shape index (κ2) is 7.53. The zero-order chi connectivity index (χ0) is 19.4. The van der Waals surface area contributed by atoms with Gasteiger partial charge in [-0.1, -0.05) is 54.6 Å². The van der Waals surface area contributed by atoms with Crippen LogP contribution >= 0.6 is 0 Å². The smallest absolute Gasteiger partial charge is 0.275 e. The maximum Gasteiger partial charge on any atom is 0.275 e. The van der Waals surface area contributed by atoms with E-state index in [1.807, 2.05) is 66.7 Å². The lowest BCUT2D eigenvalue weighted by atomic mass is 9.93. The van der Waals surface area contributed by atoms with E-state index in [2.05, 4.69) is 18.2 Å². The quantitative estimate of drug-likeness (QED) is 0.487. The molecule has 0 saturated heterocycles. The molecular formula is C24H22N2O2. The number of ether oxygens (including phenoxy) is 2. The van der Waals surface area contributed by atoms with Crippen LogP contribution in [0.2, 0.25) is 0 Å². The van der Waals surface area contributed by atoms with Crippen LogP contribution in [0.4, 0.5) is 11.4 Å². The van der Waals surface area contributed by atoms with Gasteiger partial charge in [-0.25, -0.2) is 0 Å². The summed E-state index contributed by atoms with van der Waals surface area (Å²) in [5, 5.41) is 0. The molecule has 0 heterocycles. The molecule has 0 spiro atoms. The first-order valence-electron chi connectivity index (χ1n) is 9.15. The van der Waals surface area contributed by atoms with E-state index in [9.17, 15) is 0 Å². The second-order valence-electron chi connectivity index (χ2n) is 6.75. The monoisotopic (exact) mass is 370 g/mol. The Morgan fingerprint density at radius 1 is 0.714 bits per heavy atom. The molecule has 0 saturated carbocycles. The summed E-state index contributed by atoms with van der Waals surface area (Å²) < 4.78 is 12.7. The van der Waals surface area contributed by atoms with Crippen LogP contribution in [0.5, 0.6) is 11.5 Å². The number of nitrogens with two attached hydrogens (primary N) is 2. The molecule has 0 aromatic heterocycles. The van der Waals surface area contributed by atoms with Crippen molar-refractivity contribution in [2.45, 2.75) is 12.2 Å². The third-order valence-corrected chi connectivity index (χ3v) is 4.53. The summed E-state index contributed by atoms with van der Waals surface area (Å²) in [6.45, 7) is 0.